The van der Waals surface area contributed by atoms with Crippen LogP contribution in [0.1, 0.15) is 0 Å². The summed E-state index contributed by atoms with van der Waals surface area (Å²) in [6.45, 7) is 0. The zero-order valence-electron chi connectivity index (χ0n) is 7.33. The van der Waals surface area contributed by atoms with Gasteiger partial charge in [0.1, 0.15) is 12.1 Å². The summed E-state index contributed by atoms with van der Waals surface area (Å²) in [5.41, 5.74) is 2.74. The molecule has 0 aromatic heterocycles. The van der Waals surface area contributed by atoms with Crippen molar-refractivity contribution in [3.63, 3.8) is 0 Å². The van der Waals surface area contributed by atoms with Crippen molar-refractivity contribution >= 4 is 34.6 Å². The van der Waals surface area contributed by atoms with Crippen molar-refractivity contribution in [3.8, 4) is 12.1 Å². The minimum absolute atomic E-state index is 0.272. The Labute approximate surface area is 96.3 Å². The zero-order chi connectivity index (χ0) is 11.3. The number of anilines is 1. The quantitative estimate of drug-likeness (QED) is 0.637. The second kappa shape index (κ2) is 5.21. The van der Waals surface area contributed by atoms with Gasteiger partial charge < -0.3 is 0 Å². The van der Waals surface area contributed by atoms with Gasteiger partial charge in [-0.15, -0.1) is 0 Å². The van der Waals surface area contributed by atoms with E-state index in [1.807, 2.05) is 0 Å². The molecule has 0 aliphatic carbocycles. The van der Waals surface area contributed by atoms with Gasteiger partial charge in [-0.3, -0.25) is 5.43 Å². The van der Waals surface area contributed by atoms with Crippen molar-refractivity contribution < 1.29 is 0 Å². The summed E-state index contributed by atoms with van der Waals surface area (Å²) in [6.07, 6.45) is 0. The lowest BCUT2D eigenvalue weighted by Gasteiger charge is -2.00. The van der Waals surface area contributed by atoms with Crippen molar-refractivity contribution in [3.05, 3.63) is 28.2 Å². The Kier molecular flexibility index (Phi) is 3.93. The van der Waals surface area contributed by atoms with Gasteiger partial charge in [-0.2, -0.15) is 15.6 Å². The van der Waals surface area contributed by atoms with Crippen LogP contribution in [0.15, 0.2) is 23.3 Å². The molecule has 0 heterocycles. The predicted molar refractivity (Wildman–Crippen MR) is 58.7 cm³/mol. The van der Waals surface area contributed by atoms with E-state index in [0.29, 0.717) is 15.7 Å². The number of benzene rings is 1. The molecule has 15 heavy (non-hydrogen) atoms. The minimum Gasteiger partial charge on any atom is -0.276 e. The van der Waals surface area contributed by atoms with E-state index < -0.39 is 0 Å². The molecule has 0 unspecified atom stereocenters. The summed E-state index contributed by atoms with van der Waals surface area (Å²) in [5, 5.41) is 21.3. The summed E-state index contributed by atoms with van der Waals surface area (Å²) < 4.78 is 0. The van der Waals surface area contributed by atoms with Gasteiger partial charge in [-0.05, 0) is 18.2 Å². The standard InChI is InChI=1S/C9H4Cl2N4/c10-6-1-7(11)3-8(2-6)14-15-9(4-12)5-13/h1-3,14H. The highest BCUT2D eigenvalue weighted by Gasteiger charge is 1.98. The molecule has 1 rings (SSSR count). The van der Waals surface area contributed by atoms with Crippen LogP contribution in [-0.2, 0) is 0 Å². The molecule has 0 aliphatic rings. The Bertz CT molecular complexity index is 446. The second-order valence-corrected chi connectivity index (χ2v) is 3.33. The van der Waals surface area contributed by atoms with E-state index in [1.165, 1.54) is 0 Å². The fraction of sp³-hybridized carbons (Fsp3) is 0. The van der Waals surface area contributed by atoms with Gasteiger partial charge in [0.05, 0.1) is 5.69 Å². The zero-order valence-corrected chi connectivity index (χ0v) is 8.84. The highest BCUT2D eigenvalue weighted by Crippen LogP contribution is 2.22. The highest BCUT2D eigenvalue weighted by atomic mass is 35.5. The summed E-state index contributed by atoms with van der Waals surface area (Å²) in [7, 11) is 0. The van der Waals surface area contributed by atoms with E-state index in [-0.39, 0.29) is 5.71 Å². The van der Waals surface area contributed by atoms with Crippen molar-refractivity contribution in [2.75, 3.05) is 5.43 Å². The number of halogens is 2. The molecule has 1 aromatic rings. The number of nitriles is 2. The van der Waals surface area contributed by atoms with Gasteiger partial charge in [0.25, 0.3) is 0 Å². The molecular formula is C9H4Cl2N4. The van der Waals surface area contributed by atoms with E-state index in [1.54, 1.807) is 30.3 Å². The molecule has 0 aliphatic heterocycles. The summed E-state index contributed by atoms with van der Waals surface area (Å²) >= 11 is 11.5. The lowest BCUT2D eigenvalue weighted by atomic mass is 10.3. The van der Waals surface area contributed by atoms with Crippen molar-refractivity contribution in [1.82, 2.24) is 0 Å². The van der Waals surface area contributed by atoms with Crippen LogP contribution in [0.5, 0.6) is 0 Å². The molecule has 0 radical (unpaired) electrons. The van der Waals surface area contributed by atoms with E-state index in [0.717, 1.165) is 0 Å². The Morgan fingerprint density at radius 3 is 2.13 bits per heavy atom. The van der Waals surface area contributed by atoms with Gasteiger partial charge in [-0.25, -0.2) is 0 Å². The third-order valence-corrected chi connectivity index (χ3v) is 1.81. The Balaban J connectivity index is 2.88. The first-order valence-electron chi connectivity index (χ1n) is 3.75. The molecule has 0 spiro atoms. The number of hydrazone groups is 1. The molecule has 0 bridgehead atoms. The number of nitrogens with zero attached hydrogens (tertiary/aromatic N) is 3. The van der Waals surface area contributed by atoms with Gasteiger partial charge in [-0.1, -0.05) is 23.2 Å². The number of nitrogens with one attached hydrogen (secondary N) is 1. The second-order valence-electron chi connectivity index (χ2n) is 2.45. The Morgan fingerprint density at radius 2 is 1.67 bits per heavy atom. The molecule has 0 saturated carbocycles. The molecule has 0 atom stereocenters. The number of rotatable bonds is 2. The van der Waals surface area contributed by atoms with Crippen LogP contribution < -0.4 is 5.43 Å². The first kappa shape index (κ1) is 11.3. The fourth-order valence-electron chi connectivity index (χ4n) is 0.814. The third kappa shape index (κ3) is 3.47. The van der Waals surface area contributed by atoms with Crippen molar-refractivity contribution in [2.45, 2.75) is 0 Å². The molecule has 6 heteroatoms. The summed E-state index contributed by atoms with van der Waals surface area (Å²) in [4.78, 5) is 0. The highest BCUT2D eigenvalue weighted by molar-refractivity contribution is 6.35. The maximum absolute atomic E-state index is 8.42. The number of hydrogen-bond donors (Lipinski definition) is 1. The first-order chi connectivity index (χ1) is 7.15. The Hall–Kier alpha value is -1.75. The third-order valence-electron chi connectivity index (χ3n) is 1.37. The topological polar surface area (TPSA) is 72.0 Å². The van der Waals surface area contributed by atoms with E-state index in [2.05, 4.69) is 10.5 Å². The van der Waals surface area contributed by atoms with Crippen LogP contribution >= 0.6 is 23.2 Å². The summed E-state index contributed by atoms with van der Waals surface area (Å²) in [5.74, 6) is 0. The fourth-order valence-corrected chi connectivity index (χ4v) is 1.34. The van der Waals surface area contributed by atoms with E-state index in [9.17, 15) is 0 Å². The van der Waals surface area contributed by atoms with Gasteiger partial charge in [0.15, 0.2) is 0 Å². The maximum Gasteiger partial charge on any atom is 0.237 e. The summed E-state index contributed by atoms with van der Waals surface area (Å²) in [6, 6.07) is 7.93. The van der Waals surface area contributed by atoms with Gasteiger partial charge in [0, 0.05) is 10.0 Å². The molecule has 0 fully saturated rings. The number of hydrogen-bond acceptors (Lipinski definition) is 4. The largest absolute Gasteiger partial charge is 0.276 e. The van der Waals surface area contributed by atoms with Crippen LogP contribution in [-0.4, -0.2) is 5.71 Å². The Morgan fingerprint density at radius 1 is 1.13 bits per heavy atom. The molecule has 0 amide bonds. The lowest BCUT2D eigenvalue weighted by molar-refractivity contribution is 1.34. The van der Waals surface area contributed by atoms with E-state index in [4.69, 9.17) is 33.7 Å². The maximum atomic E-state index is 8.42. The van der Waals surface area contributed by atoms with Crippen LogP contribution in [0.4, 0.5) is 5.69 Å². The lowest BCUT2D eigenvalue weighted by Crippen LogP contribution is -1.96. The van der Waals surface area contributed by atoms with E-state index >= 15 is 0 Å². The van der Waals surface area contributed by atoms with Gasteiger partial charge >= 0.3 is 0 Å². The predicted octanol–water partition coefficient (Wildman–Crippen LogP) is 2.81. The average Bonchev–Trinajstić information content (AvgIpc) is 2.18. The molecule has 1 aromatic carbocycles. The van der Waals surface area contributed by atoms with Crippen LogP contribution in [0.3, 0.4) is 0 Å². The van der Waals surface area contributed by atoms with Crippen molar-refractivity contribution in [2.24, 2.45) is 5.10 Å². The molecular weight excluding hydrogens is 235 g/mol. The van der Waals surface area contributed by atoms with Crippen LogP contribution in [0.2, 0.25) is 10.0 Å². The molecule has 1 N–H and O–H groups in total. The molecule has 4 nitrogen and oxygen atoms in total. The first-order valence-corrected chi connectivity index (χ1v) is 4.51. The average molecular weight is 239 g/mol. The van der Waals surface area contributed by atoms with Crippen LogP contribution in [0, 0.1) is 22.7 Å². The minimum atomic E-state index is -0.272. The van der Waals surface area contributed by atoms with Crippen molar-refractivity contribution in [1.29, 1.82) is 10.5 Å². The SMILES string of the molecule is N#CC(C#N)=NNc1cc(Cl)cc(Cl)c1. The molecule has 0 saturated heterocycles. The van der Waals surface area contributed by atoms with Crippen LogP contribution in [0.25, 0.3) is 0 Å². The molecule has 74 valence electrons. The van der Waals surface area contributed by atoms with Gasteiger partial charge in [0.2, 0.25) is 5.71 Å². The monoisotopic (exact) mass is 238 g/mol. The normalized spacial score (nSPS) is 8.53. The smallest absolute Gasteiger partial charge is 0.237 e.